The number of hydrogen-bond acceptors (Lipinski definition) is 4. The Hall–Kier alpha value is -1.47. The molecule has 0 aliphatic rings. The Labute approximate surface area is 234 Å². The van der Waals surface area contributed by atoms with Gasteiger partial charge in [-0.25, -0.2) is 4.79 Å². The largest absolute Gasteiger partial charge is 0.449 e. The van der Waals surface area contributed by atoms with Crippen molar-refractivity contribution in [2.45, 2.75) is 102 Å². The first-order valence-corrected chi connectivity index (χ1v) is 17.4. The number of carbonyl (C=O) groups excluding carboxylic acids is 1. The number of benzene rings is 2. The third-order valence-electron chi connectivity index (χ3n) is 7.86. The lowest BCUT2D eigenvalue weighted by atomic mass is 9.67. The summed E-state index contributed by atoms with van der Waals surface area (Å²) in [5.74, 6) is -0.253. The predicted octanol–water partition coefficient (Wildman–Crippen LogP) is 9.11. The van der Waals surface area contributed by atoms with Crippen molar-refractivity contribution in [2.75, 3.05) is 6.61 Å². The van der Waals surface area contributed by atoms with Crippen molar-refractivity contribution >= 4 is 36.1 Å². The van der Waals surface area contributed by atoms with E-state index in [1.807, 2.05) is 39.0 Å². The van der Waals surface area contributed by atoms with Crippen LogP contribution < -0.4 is 5.73 Å². The van der Waals surface area contributed by atoms with Crippen LogP contribution >= 0.6 is 22.8 Å². The molecule has 0 aromatic heterocycles. The van der Waals surface area contributed by atoms with Crippen molar-refractivity contribution in [1.82, 2.24) is 0 Å². The van der Waals surface area contributed by atoms with E-state index in [2.05, 4.69) is 77.0 Å². The predicted molar refractivity (Wildman–Crippen MR) is 161 cm³/mol. The Kier molecular flexibility index (Phi) is 10.8. The van der Waals surface area contributed by atoms with E-state index in [-0.39, 0.29) is 12.5 Å². The van der Waals surface area contributed by atoms with E-state index in [1.165, 1.54) is 4.90 Å². The summed E-state index contributed by atoms with van der Waals surface area (Å²) in [5.41, 5.74) is 7.30. The molecular formula is C30H46ClNO3SSi. The van der Waals surface area contributed by atoms with E-state index >= 15 is 0 Å². The number of halogens is 1. The topological polar surface area (TPSA) is 72.5 Å². The van der Waals surface area contributed by atoms with Crippen LogP contribution in [0.5, 0.6) is 0 Å². The minimum absolute atomic E-state index is 0.0868. The van der Waals surface area contributed by atoms with E-state index in [1.54, 1.807) is 6.07 Å². The number of hydrogen-bond donors (Lipinski definition) is 2. The standard InChI is InChI=1S/C30H46ClNO3SSi/c1-20(2)37(21(3)4,22(5)6)36-27-15-13-23(14-16-27)24(19-35-28(32)33)18-30(34,29(7,8)9)25-11-10-12-26(31)17-25/h10-17,20-22,24,34H,18-19H2,1-9H3,(H2,32,33)/t24?,30-/m0/s1. The van der Waals surface area contributed by atoms with Crippen LogP contribution in [0.1, 0.15) is 85.8 Å². The Morgan fingerprint density at radius 1 is 1.00 bits per heavy atom. The zero-order valence-electron chi connectivity index (χ0n) is 24.0. The SMILES string of the molecule is CC(C)[Si](Sc1ccc(C(COC(N)=O)C[C@](O)(c2cccc(Cl)c2)C(C)(C)C)cc1)(C(C)C)C(C)C. The third-order valence-corrected chi connectivity index (χ3v) is 20.4. The first kappa shape index (κ1) is 31.7. The highest BCUT2D eigenvalue weighted by molar-refractivity contribution is 8.29. The molecule has 0 saturated carbocycles. The smallest absolute Gasteiger partial charge is 0.404 e. The van der Waals surface area contributed by atoms with Gasteiger partial charge in [0.25, 0.3) is 0 Å². The average Bonchev–Trinajstić information content (AvgIpc) is 2.79. The Morgan fingerprint density at radius 3 is 1.97 bits per heavy atom. The number of amides is 1. The normalized spacial score (nSPS) is 15.2. The number of ether oxygens (including phenoxy) is 1. The van der Waals surface area contributed by atoms with Crippen LogP contribution in [0.3, 0.4) is 0 Å². The molecule has 2 rings (SSSR count). The molecular weight excluding hydrogens is 518 g/mol. The molecule has 2 aromatic rings. The number of aliphatic hydroxyl groups is 1. The summed E-state index contributed by atoms with van der Waals surface area (Å²) in [6.45, 7) is 20.3. The lowest BCUT2D eigenvalue weighted by molar-refractivity contribution is -0.0794. The second-order valence-electron chi connectivity index (χ2n) is 12.1. The van der Waals surface area contributed by atoms with E-state index in [9.17, 15) is 9.90 Å². The molecule has 3 N–H and O–H groups in total. The van der Waals surface area contributed by atoms with E-state index in [4.69, 9.17) is 22.1 Å². The number of nitrogens with two attached hydrogens (primary N) is 1. The first-order chi connectivity index (χ1) is 17.0. The number of primary amides is 1. The molecule has 1 unspecified atom stereocenters. The maximum Gasteiger partial charge on any atom is 0.404 e. The van der Waals surface area contributed by atoms with Crippen molar-refractivity contribution < 1.29 is 14.6 Å². The van der Waals surface area contributed by atoms with Gasteiger partial charge in [-0.05, 0) is 63.9 Å². The van der Waals surface area contributed by atoms with Gasteiger partial charge in [0.05, 0.1) is 5.60 Å². The molecule has 37 heavy (non-hydrogen) atoms. The molecule has 1 amide bonds. The van der Waals surface area contributed by atoms with Gasteiger partial charge in [0.1, 0.15) is 13.8 Å². The van der Waals surface area contributed by atoms with Gasteiger partial charge in [-0.2, -0.15) is 11.2 Å². The van der Waals surface area contributed by atoms with Gasteiger partial charge >= 0.3 is 6.09 Å². The summed E-state index contributed by atoms with van der Waals surface area (Å²) in [5, 5.41) is 12.7. The Bertz CT molecular complexity index is 1010. The van der Waals surface area contributed by atoms with Crippen LogP contribution in [0, 0.1) is 5.41 Å². The summed E-state index contributed by atoms with van der Waals surface area (Å²) >= 11 is 8.38. The summed E-state index contributed by atoms with van der Waals surface area (Å²) in [6.07, 6.45) is -0.472. The van der Waals surface area contributed by atoms with Gasteiger partial charge < -0.3 is 15.6 Å². The van der Waals surface area contributed by atoms with E-state index < -0.39 is 24.3 Å². The monoisotopic (exact) mass is 563 g/mol. The molecule has 2 atom stereocenters. The number of carbonyl (C=O) groups is 1. The van der Waals surface area contributed by atoms with Crippen molar-refractivity contribution in [3.8, 4) is 0 Å². The lowest BCUT2D eigenvalue weighted by Gasteiger charge is -2.43. The minimum Gasteiger partial charge on any atom is -0.449 e. The van der Waals surface area contributed by atoms with E-state index in [0.717, 1.165) is 11.1 Å². The molecule has 4 nitrogen and oxygen atoms in total. The van der Waals surface area contributed by atoms with Gasteiger partial charge in [-0.1, -0.05) is 98.2 Å². The van der Waals surface area contributed by atoms with Crippen molar-refractivity contribution in [1.29, 1.82) is 0 Å². The summed E-state index contributed by atoms with van der Waals surface area (Å²) < 4.78 is 5.29. The molecule has 2 aromatic carbocycles. The van der Waals surface area contributed by atoms with Gasteiger partial charge in [-0.3, -0.25) is 0 Å². The number of rotatable bonds is 11. The second kappa shape index (κ2) is 12.6. The first-order valence-electron chi connectivity index (χ1n) is 13.2. The molecule has 206 valence electrons. The molecule has 0 aliphatic heterocycles. The third kappa shape index (κ3) is 7.34. The molecule has 0 radical (unpaired) electrons. The van der Waals surface area contributed by atoms with Gasteiger partial charge in [0.15, 0.2) is 0 Å². The fourth-order valence-electron chi connectivity index (χ4n) is 5.78. The van der Waals surface area contributed by atoms with Gasteiger partial charge in [0.2, 0.25) is 0 Å². The summed E-state index contributed by atoms with van der Waals surface area (Å²) in [7, 11) is -1.68. The Balaban J connectivity index is 2.47. The second-order valence-corrected chi connectivity index (χ2v) is 21.2. The van der Waals surface area contributed by atoms with Crippen LogP contribution in [0.2, 0.25) is 21.6 Å². The molecule has 7 heteroatoms. The average molecular weight is 564 g/mol. The molecule has 0 heterocycles. The van der Waals surface area contributed by atoms with Crippen LogP contribution in [0.25, 0.3) is 0 Å². The molecule has 0 bridgehead atoms. The maximum absolute atomic E-state index is 12.1. The highest BCUT2D eigenvalue weighted by Crippen LogP contribution is 2.52. The maximum atomic E-state index is 12.1. The van der Waals surface area contributed by atoms with Gasteiger partial charge in [0, 0.05) is 15.8 Å². The highest BCUT2D eigenvalue weighted by Gasteiger charge is 2.45. The molecule has 0 fully saturated rings. The van der Waals surface area contributed by atoms with Crippen molar-refractivity contribution in [3.63, 3.8) is 0 Å². The fourth-order valence-corrected chi connectivity index (χ4v) is 15.1. The van der Waals surface area contributed by atoms with E-state index in [0.29, 0.717) is 28.1 Å². The lowest BCUT2D eigenvalue weighted by Crippen LogP contribution is -2.42. The van der Waals surface area contributed by atoms with Crippen molar-refractivity contribution in [3.05, 3.63) is 64.7 Å². The molecule has 0 aliphatic carbocycles. The van der Waals surface area contributed by atoms with Crippen LogP contribution in [0.15, 0.2) is 53.4 Å². The van der Waals surface area contributed by atoms with Crippen molar-refractivity contribution in [2.24, 2.45) is 11.1 Å². The Morgan fingerprint density at radius 2 is 1.54 bits per heavy atom. The zero-order valence-corrected chi connectivity index (χ0v) is 26.5. The summed E-state index contributed by atoms with van der Waals surface area (Å²) in [4.78, 5) is 12.8. The highest BCUT2D eigenvalue weighted by atomic mass is 35.5. The summed E-state index contributed by atoms with van der Waals surface area (Å²) in [6, 6.07) is 15.9. The molecule has 0 spiro atoms. The van der Waals surface area contributed by atoms with Gasteiger partial charge in [-0.15, -0.1) is 0 Å². The van der Waals surface area contributed by atoms with Crippen LogP contribution in [-0.2, 0) is 10.3 Å². The molecule has 0 saturated heterocycles. The quantitative estimate of drug-likeness (QED) is 0.267. The van der Waals surface area contributed by atoms with Crippen LogP contribution in [-0.4, -0.2) is 25.0 Å². The minimum atomic E-state index is -1.68. The fraction of sp³-hybridized carbons (Fsp3) is 0.567. The van der Waals surface area contributed by atoms with Crippen LogP contribution in [0.4, 0.5) is 4.79 Å². The zero-order chi connectivity index (χ0) is 28.2.